The van der Waals surface area contributed by atoms with E-state index in [9.17, 15) is 13.2 Å². The maximum atomic E-state index is 12.6. The third-order valence-electron chi connectivity index (χ3n) is 3.01. The van der Waals surface area contributed by atoms with Crippen LogP contribution < -0.4 is 10.6 Å². The Labute approximate surface area is 115 Å². The molecule has 0 aliphatic heterocycles. The molecule has 2 rings (SSSR count). The highest BCUT2D eigenvalue weighted by Crippen LogP contribution is 2.30. The molecule has 0 heterocycles. The molecule has 0 aromatic heterocycles. The van der Waals surface area contributed by atoms with Crippen LogP contribution in [-0.2, 0) is 12.7 Å². The number of halogens is 3. The van der Waals surface area contributed by atoms with E-state index in [-0.39, 0.29) is 0 Å². The van der Waals surface area contributed by atoms with E-state index < -0.39 is 11.7 Å². The topological polar surface area (TPSA) is 29.3 Å². The number of alkyl halides is 3. The fourth-order valence-corrected chi connectivity index (χ4v) is 1.94. The van der Waals surface area contributed by atoms with E-state index in [4.69, 9.17) is 5.73 Å². The van der Waals surface area contributed by atoms with Gasteiger partial charge in [0.25, 0.3) is 0 Å². The second kappa shape index (κ2) is 5.45. The predicted octanol–water partition coefficient (Wildman–Crippen LogP) is 3.92. The van der Waals surface area contributed by atoms with Crippen LogP contribution in [0.2, 0.25) is 0 Å². The molecule has 0 aliphatic rings. The van der Waals surface area contributed by atoms with E-state index in [1.807, 2.05) is 24.1 Å². The van der Waals surface area contributed by atoms with Gasteiger partial charge in [-0.2, -0.15) is 13.2 Å². The van der Waals surface area contributed by atoms with Crippen LogP contribution in [-0.4, -0.2) is 7.05 Å². The van der Waals surface area contributed by atoms with E-state index >= 15 is 0 Å². The fraction of sp³-hybridized carbons (Fsp3) is 0.200. The van der Waals surface area contributed by atoms with E-state index in [1.165, 1.54) is 12.1 Å². The van der Waals surface area contributed by atoms with Gasteiger partial charge in [0.1, 0.15) is 0 Å². The zero-order valence-corrected chi connectivity index (χ0v) is 11.0. The number of nitrogens with zero attached hydrogens (tertiary/aromatic N) is 1. The van der Waals surface area contributed by atoms with Crippen molar-refractivity contribution < 1.29 is 13.2 Å². The molecular formula is C15H15F3N2. The van der Waals surface area contributed by atoms with Crippen molar-refractivity contribution in [3.05, 3.63) is 59.7 Å². The van der Waals surface area contributed by atoms with Crippen molar-refractivity contribution in [2.75, 3.05) is 17.7 Å². The molecule has 2 N–H and O–H groups in total. The number of hydrogen-bond acceptors (Lipinski definition) is 2. The van der Waals surface area contributed by atoms with Gasteiger partial charge in [0.15, 0.2) is 0 Å². The first-order valence-electron chi connectivity index (χ1n) is 6.09. The standard InChI is InChI=1S/C15H15F3N2/c1-20(14-7-5-13(19)6-8-14)10-11-3-2-4-12(9-11)15(16,17)18/h2-9H,10,19H2,1H3. The lowest BCUT2D eigenvalue weighted by Crippen LogP contribution is -2.17. The molecule has 0 atom stereocenters. The second-order valence-corrected chi connectivity index (χ2v) is 4.65. The summed E-state index contributed by atoms with van der Waals surface area (Å²) in [4.78, 5) is 1.87. The monoisotopic (exact) mass is 280 g/mol. The summed E-state index contributed by atoms with van der Waals surface area (Å²) in [5.74, 6) is 0. The minimum absolute atomic E-state index is 0.397. The average molecular weight is 280 g/mol. The largest absolute Gasteiger partial charge is 0.416 e. The Morgan fingerprint density at radius 3 is 2.30 bits per heavy atom. The highest BCUT2D eigenvalue weighted by Gasteiger charge is 2.30. The third-order valence-corrected chi connectivity index (χ3v) is 3.01. The number of rotatable bonds is 3. The molecule has 106 valence electrons. The number of nitrogen functional groups attached to an aromatic ring is 1. The summed E-state index contributed by atoms with van der Waals surface area (Å²) < 4.78 is 37.9. The van der Waals surface area contributed by atoms with Crippen LogP contribution in [0.15, 0.2) is 48.5 Å². The quantitative estimate of drug-likeness (QED) is 0.863. The van der Waals surface area contributed by atoms with Crippen molar-refractivity contribution in [2.24, 2.45) is 0 Å². The van der Waals surface area contributed by atoms with Gasteiger partial charge in [0.05, 0.1) is 5.56 Å². The van der Waals surface area contributed by atoms with Gasteiger partial charge in [-0.1, -0.05) is 12.1 Å². The maximum absolute atomic E-state index is 12.6. The molecule has 2 aromatic rings. The highest BCUT2D eigenvalue weighted by atomic mass is 19.4. The molecule has 0 bridgehead atoms. The Balaban J connectivity index is 2.15. The van der Waals surface area contributed by atoms with Gasteiger partial charge >= 0.3 is 6.18 Å². The molecule has 2 aromatic carbocycles. The van der Waals surface area contributed by atoms with E-state index in [2.05, 4.69) is 0 Å². The summed E-state index contributed by atoms with van der Waals surface area (Å²) in [6.07, 6.45) is -4.31. The molecule has 0 unspecified atom stereocenters. The van der Waals surface area contributed by atoms with Crippen LogP contribution in [0.25, 0.3) is 0 Å². The average Bonchev–Trinajstić information content (AvgIpc) is 2.38. The number of anilines is 2. The van der Waals surface area contributed by atoms with Crippen molar-refractivity contribution >= 4 is 11.4 Å². The zero-order chi connectivity index (χ0) is 14.8. The molecule has 0 aliphatic carbocycles. The summed E-state index contributed by atoms with van der Waals surface area (Å²) in [5, 5.41) is 0. The second-order valence-electron chi connectivity index (χ2n) is 4.65. The van der Waals surface area contributed by atoms with Gasteiger partial charge in [-0.05, 0) is 42.0 Å². The number of hydrogen-bond donors (Lipinski definition) is 1. The van der Waals surface area contributed by atoms with Crippen molar-refractivity contribution in [1.82, 2.24) is 0 Å². The molecule has 5 heteroatoms. The van der Waals surface area contributed by atoms with Gasteiger partial charge in [0.2, 0.25) is 0 Å². The van der Waals surface area contributed by atoms with Crippen LogP contribution in [0.5, 0.6) is 0 Å². The Kier molecular flexibility index (Phi) is 3.88. The maximum Gasteiger partial charge on any atom is 0.416 e. The van der Waals surface area contributed by atoms with Gasteiger partial charge in [0, 0.05) is 25.0 Å². The van der Waals surface area contributed by atoms with Gasteiger partial charge in [-0.25, -0.2) is 0 Å². The van der Waals surface area contributed by atoms with Crippen LogP contribution in [0, 0.1) is 0 Å². The number of benzene rings is 2. The molecular weight excluding hydrogens is 265 g/mol. The first-order chi connectivity index (χ1) is 9.36. The first-order valence-corrected chi connectivity index (χ1v) is 6.09. The van der Waals surface area contributed by atoms with E-state index in [0.717, 1.165) is 11.8 Å². The van der Waals surface area contributed by atoms with Crippen LogP contribution in [0.3, 0.4) is 0 Å². The van der Waals surface area contributed by atoms with Crippen LogP contribution in [0.4, 0.5) is 24.5 Å². The first kappa shape index (κ1) is 14.2. The third kappa shape index (κ3) is 3.44. The normalized spacial score (nSPS) is 11.4. The SMILES string of the molecule is CN(Cc1cccc(C(F)(F)F)c1)c1ccc(N)cc1. The Morgan fingerprint density at radius 2 is 1.70 bits per heavy atom. The molecule has 0 fully saturated rings. The summed E-state index contributed by atoms with van der Waals surface area (Å²) >= 11 is 0. The lowest BCUT2D eigenvalue weighted by Gasteiger charge is -2.20. The molecule has 0 saturated heterocycles. The molecule has 0 saturated carbocycles. The summed E-state index contributed by atoms with van der Waals surface area (Å²) in [6.45, 7) is 0.397. The van der Waals surface area contributed by atoms with Crippen LogP contribution in [0.1, 0.15) is 11.1 Å². The molecule has 20 heavy (non-hydrogen) atoms. The predicted molar refractivity (Wildman–Crippen MR) is 74.4 cm³/mol. The van der Waals surface area contributed by atoms with Gasteiger partial charge < -0.3 is 10.6 Å². The molecule has 2 nitrogen and oxygen atoms in total. The lowest BCUT2D eigenvalue weighted by molar-refractivity contribution is -0.137. The van der Waals surface area contributed by atoms with Gasteiger partial charge in [-0.15, -0.1) is 0 Å². The molecule has 0 spiro atoms. The van der Waals surface area contributed by atoms with E-state index in [1.54, 1.807) is 18.2 Å². The van der Waals surface area contributed by atoms with Gasteiger partial charge in [-0.3, -0.25) is 0 Å². The summed E-state index contributed by atoms with van der Waals surface area (Å²) in [5.41, 5.74) is 7.14. The minimum Gasteiger partial charge on any atom is -0.399 e. The number of nitrogens with two attached hydrogens (primary N) is 1. The highest BCUT2D eigenvalue weighted by molar-refractivity contribution is 5.53. The summed E-state index contributed by atoms with van der Waals surface area (Å²) in [6, 6.07) is 12.6. The molecule has 0 radical (unpaired) electrons. The van der Waals surface area contributed by atoms with Crippen molar-refractivity contribution in [2.45, 2.75) is 12.7 Å². The summed E-state index contributed by atoms with van der Waals surface area (Å²) in [7, 11) is 1.83. The molecule has 0 amide bonds. The minimum atomic E-state index is -4.31. The van der Waals surface area contributed by atoms with Crippen molar-refractivity contribution in [3.8, 4) is 0 Å². The van der Waals surface area contributed by atoms with Crippen molar-refractivity contribution in [3.63, 3.8) is 0 Å². The lowest BCUT2D eigenvalue weighted by atomic mass is 10.1. The zero-order valence-electron chi connectivity index (χ0n) is 11.0. The smallest absolute Gasteiger partial charge is 0.399 e. The fourth-order valence-electron chi connectivity index (χ4n) is 1.94. The Bertz CT molecular complexity index is 576. The van der Waals surface area contributed by atoms with Crippen molar-refractivity contribution in [1.29, 1.82) is 0 Å². The Hall–Kier alpha value is -2.17. The van der Waals surface area contributed by atoms with Crippen LogP contribution >= 0.6 is 0 Å². The van der Waals surface area contributed by atoms with E-state index in [0.29, 0.717) is 17.8 Å². The Morgan fingerprint density at radius 1 is 1.05 bits per heavy atom.